The van der Waals surface area contributed by atoms with E-state index in [1.54, 1.807) is 0 Å². The number of amidine groups is 1. The third-order valence-corrected chi connectivity index (χ3v) is 9.16. The fourth-order valence-corrected chi connectivity index (χ4v) is 7.08. The Hall–Kier alpha value is -1.99. The molecule has 0 aromatic heterocycles. The van der Waals surface area contributed by atoms with Crippen LogP contribution in [0.3, 0.4) is 0 Å². The SMILES string of the molecule is CC(C)C1=C(C(=O)N(CC2CCN2)C(C)C)SC2=N[C@@](C)(c3ccc(Cl)cc3)[C@@H](c3ccc(Cl)cc3)N21. The summed E-state index contributed by atoms with van der Waals surface area (Å²) in [5.41, 5.74) is 2.66. The second-order valence-electron chi connectivity index (χ2n) is 10.8. The number of hydrogen-bond acceptors (Lipinski definition) is 5. The van der Waals surface area contributed by atoms with Crippen molar-refractivity contribution in [2.75, 3.05) is 13.1 Å². The summed E-state index contributed by atoms with van der Waals surface area (Å²) in [7, 11) is 0. The van der Waals surface area contributed by atoms with Gasteiger partial charge < -0.3 is 15.1 Å². The van der Waals surface area contributed by atoms with E-state index in [0.717, 1.165) is 46.4 Å². The van der Waals surface area contributed by atoms with Crippen LogP contribution in [0, 0.1) is 5.92 Å². The van der Waals surface area contributed by atoms with Crippen molar-refractivity contribution in [2.24, 2.45) is 10.9 Å². The molecule has 196 valence electrons. The molecule has 5 nitrogen and oxygen atoms in total. The number of allylic oxidation sites excluding steroid dienone is 1. The predicted molar refractivity (Wildman–Crippen MR) is 155 cm³/mol. The molecule has 1 saturated heterocycles. The van der Waals surface area contributed by atoms with Gasteiger partial charge in [-0.2, -0.15) is 0 Å². The molecule has 0 spiro atoms. The number of thioether (sulfide) groups is 1. The Morgan fingerprint density at radius 2 is 1.70 bits per heavy atom. The molecule has 2 aromatic carbocycles. The normalized spacial score (nSPS) is 25.0. The molecule has 3 aliphatic rings. The average molecular weight is 558 g/mol. The molecule has 1 fully saturated rings. The molecule has 5 rings (SSSR count). The summed E-state index contributed by atoms with van der Waals surface area (Å²) in [5, 5.41) is 5.71. The first-order valence-electron chi connectivity index (χ1n) is 13.0. The number of amides is 1. The van der Waals surface area contributed by atoms with E-state index in [0.29, 0.717) is 16.1 Å². The third kappa shape index (κ3) is 4.82. The lowest BCUT2D eigenvalue weighted by atomic mass is 9.81. The number of benzene rings is 2. The molecule has 1 amide bonds. The Morgan fingerprint density at radius 1 is 1.11 bits per heavy atom. The van der Waals surface area contributed by atoms with E-state index in [1.807, 2.05) is 29.2 Å². The van der Waals surface area contributed by atoms with Gasteiger partial charge in [-0.15, -0.1) is 0 Å². The quantitative estimate of drug-likeness (QED) is 0.405. The van der Waals surface area contributed by atoms with Gasteiger partial charge in [-0.1, -0.05) is 61.3 Å². The van der Waals surface area contributed by atoms with Crippen LogP contribution in [0.5, 0.6) is 0 Å². The summed E-state index contributed by atoms with van der Waals surface area (Å²) >= 11 is 14.0. The molecule has 3 aliphatic heterocycles. The van der Waals surface area contributed by atoms with E-state index < -0.39 is 5.54 Å². The van der Waals surface area contributed by atoms with Crippen LogP contribution in [-0.2, 0) is 10.3 Å². The van der Waals surface area contributed by atoms with Gasteiger partial charge >= 0.3 is 0 Å². The van der Waals surface area contributed by atoms with Crippen LogP contribution < -0.4 is 5.32 Å². The van der Waals surface area contributed by atoms with Crippen molar-refractivity contribution in [1.82, 2.24) is 15.1 Å². The Bertz CT molecular complexity index is 1240. The molecule has 0 aliphatic carbocycles. The fraction of sp³-hybridized carbons (Fsp3) is 0.448. The minimum Gasteiger partial charge on any atom is -0.334 e. The highest BCUT2D eigenvalue weighted by Gasteiger charge is 2.53. The van der Waals surface area contributed by atoms with Crippen molar-refractivity contribution >= 4 is 46.0 Å². The molecule has 37 heavy (non-hydrogen) atoms. The number of nitrogens with one attached hydrogen (secondary N) is 1. The number of rotatable bonds is 7. The molecule has 3 heterocycles. The maximum absolute atomic E-state index is 14.1. The van der Waals surface area contributed by atoms with Crippen molar-refractivity contribution in [2.45, 2.75) is 64.7 Å². The number of hydrogen-bond donors (Lipinski definition) is 1. The summed E-state index contributed by atoms with van der Waals surface area (Å²) in [6, 6.07) is 16.3. The number of aliphatic imine (C=N–C) groups is 1. The second-order valence-corrected chi connectivity index (χ2v) is 12.7. The van der Waals surface area contributed by atoms with Gasteiger partial charge in [0.15, 0.2) is 5.17 Å². The molecular formula is C29H34Cl2N4OS. The van der Waals surface area contributed by atoms with Crippen LogP contribution >= 0.6 is 35.0 Å². The zero-order chi connectivity index (χ0) is 26.5. The van der Waals surface area contributed by atoms with Gasteiger partial charge in [-0.05, 0) is 86.8 Å². The van der Waals surface area contributed by atoms with Crippen molar-refractivity contribution < 1.29 is 4.79 Å². The van der Waals surface area contributed by atoms with Crippen LogP contribution in [0.25, 0.3) is 0 Å². The lowest BCUT2D eigenvalue weighted by Gasteiger charge is -2.38. The standard InChI is InChI=1S/C29H34Cl2N4OS/c1-17(2)24-25(27(36)34(18(3)4)16-23-14-15-32-23)37-28-33-29(5,20-8-12-22(31)13-9-20)26(35(24)28)19-6-10-21(30)11-7-19/h6-13,17-18,23,26,32H,14-16H2,1-5H3/t23?,26-,29+/m1/s1. The highest BCUT2D eigenvalue weighted by Crippen LogP contribution is 2.56. The summed E-state index contributed by atoms with van der Waals surface area (Å²) in [6.07, 6.45) is 1.11. The highest BCUT2D eigenvalue weighted by molar-refractivity contribution is 8.18. The first kappa shape index (κ1) is 26.6. The molecule has 3 atom stereocenters. The number of carbonyl (C=O) groups excluding carboxylic acids is 1. The van der Waals surface area contributed by atoms with Crippen LogP contribution in [0.4, 0.5) is 0 Å². The zero-order valence-corrected chi connectivity index (χ0v) is 24.3. The monoisotopic (exact) mass is 556 g/mol. The molecule has 2 aromatic rings. The minimum absolute atomic E-state index is 0.0950. The van der Waals surface area contributed by atoms with E-state index in [-0.39, 0.29) is 23.9 Å². The van der Waals surface area contributed by atoms with Crippen LogP contribution in [0.2, 0.25) is 10.0 Å². The molecule has 1 N–H and O–H groups in total. The Kier molecular flexibility index (Phi) is 7.40. The molecule has 1 unspecified atom stereocenters. The van der Waals surface area contributed by atoms with Gasteiger partial charge in [0.2, 0.25) is 0 Å². The van der Waals surface area contributed by atoms with E-state index in [4.69, 9.17) is 28.2 Å². The molecule has 0 radical (unpaired) electrons. The molecule has 8 heteroatoms. The predicted octanol–water partition coefficient (Wildman–Crippen LogP) is 6.83. The van der Waals surface area contributed by atoms with Gasteiger partial charge in [-0.3, -0.25) is 4.79 Å². The van der Waals surface area contributed by atoms with Crippen molar-refractivity contribution in [3.05, 3.63) is 80.3 Å². The van der Waals surface area contributed by atoms with Gasteiger partial charge in [0, 0.05) is 34.4 Å². The van der Waals surface area contributed by atoms with Crippen molar-refractivity contribution in [3.8, 4) is 0 Å². The van der Waals surface area contributed by atoms with Crippen LogP contribution in [0.1, 0.15) is 58.2 Å². The first-order chi connectivity index (χ1) is 17.6. The third-order valence-electron chi connectivity index (χ3n) is 7.59. The zero-order valence-electron chi connectivity index (χ0n) is 22.0. The smallest absolute Gasteiger partial charge is 0.262 e. The van der Waals surface area contributed by atoms with E-state index in [1.165, 1.54) is 11.8 Å². The highest BCUT2D eigenvalue weighted by atomic mass is 35.5. The van der Waals surface area contributed by atoms with Gasteiger partial charge in [0.05, 0.1) is 6.04 Å². The Balaban J connectivity index is 1.60. The minimum atomic E-state index is -0.566. The van der Waals surface area contributed by atoms with Gasteiger partial charge in [0.1, 0.15) is 10.4 Å². The molecule has 0 bridgehead atoms. The largest absolute Gasteiger partial charge is 0.334 e. The van der Waals surface area contributed by atoms with E-state index in [9.17, 15) is 4.79 Å². The van der Waals surface area contributed by atoms with Gasteiger partial charge in [-0.25, -0.2) is 4.99 Å². The summed E-state index contributed by atoms with van der Waals surface area (Å²) in [5.74, 6) is 0.231. The Morgan fingerprint density at radius 3 is 2.22 bits per heavy atom. The molecular weight excluding hydrogens is 523 g/mol. The number of nitrogens with zero attached hydrogens (tertiary/aromatic N) is 3. The molecule has 0 saturated carbocycles. The number of halogens is 2. The van der Waals surface area contributed by atoms with Gasteiger partial charge in [0.25, 0.3) is 5.91 Å². The van der Waals surface area contributed by atoms with E-state index >= 15 is 0 Å². The fourth-order valence-electron chi connectivity index (χ4n) is 5.47. The van der Waals surface area contributed by atoms with Crippen LogP contribution in [0.15, 0.2) is 64.1 Å². The van der Waals surface area contributed by atoms with Crippen molar-refractivity contribution in [1.29, 1.82) is 0 Å². The maximum Gasteiger partial charge on any atom is 0.262 e. The number of fused-ring (bicyclic) bond motifs is 1. The first-order valence-corrected chi connectivity index (χ1v) is 14.5. The van der Waals surface area contributed by atoms with Crippen LogP contribution in [-0.4, -0.2) is 46.0 Å². The summed E-state index contributed by atoms with van der Waals surface area (Å²) in [4.78, 5) is 24.5. The summed E-state index contributed by atoms with van der Waals surface area (Å²) in [6.45, 7) is 12.4. The topological polar surface area (TPSA) is 47.9 Å². The maximum atomic E-state index is 14.1. The number of carbonyl (C=O) groups is 1. The Labute approximate surface area is 234 Å². The lowest BCUT2D eigenvalue weighted by Crippen LogP contribution is -2.53. The van der Waals surface area contributed by atoms with Crippen molar-refractivity contribution in [3.63, 3.8) is 0 Å². The second kappa shape index (κ2) is 10.3. The lowest BCUT2D eigenvalue weighted by molar-refractivity contribution is -0.128. The summed E-state index contributed by atoms with van der Waals surface area (Å²) < 4.78 is 0. The average Bonchev–Trinajstić information content (AvgIpc) is 3.31. The van der Waals surface area contributed by atoms with E-state index in [2.05, 4.69) is 69.1 Å².